The van der Waals surface area contributed by atoms with Crippen LogP contribution in [0.5, 0.6) is 17.2 Å². The molecule has 0 atom stereocenters. The van der Waals surface area contributed by atoms with Crippen molar-refractivity contribution in [3.63, 3.8) is 0 Å². The average molecular weight is 209 g/mol. The van der Waals surface area contributed by atoms with Crippen molar-refractivity contribution in [2.45, 2.75) is 19.3 Å². The molecule has 0 aromatic heterocycles. The minimum atomic E-state index is 0.239. The highest BCUT2D eigenvalue weighted by atomic mass is 16.7. The minimum Gasteiger partial charge on any atom is -0.508 e. The molecular formula is C11H15NO3. The molecule has 4 nitrogen and oxygen atoms in total. The monoisotopic (exact) mass is 209 g/mol. The van der Waals surface area contributed by atoms with Gasteiger partial charge in [-0.2, -0.15) is 0 Å². The molecule has 1 aliphatic rings. The van der Waals surface area contributed by atoms with Gasteiger partial charge in [0.2, 0.25) is 6.79 Å². The van der Waals surface area contributed by atoms with Crippen molar-refractivity contribution in [1.29, 1.82) is 0 Å². The van der Waals surface area contributed by atoms with E-state index in [0.29, 0.717) is 12.3 Å². The second-order valence-electron chi connectivity index (χ2n) is 3.54. The van der Waals surface area contributed by atoms with Gasteiger partial charge in [0.25, 0.3) is 0 Å². The zero-order valence-electron chi connectivity index (χ0n) is 8.53. The van der Waals surface area contributed by atoms with Crippen molar-refractivity contribution >= 4 is 0 Å². The van der Waals surface area contributed by atoms with Crippen LogP contribution in [0.3, 0.4) is 0 Å². The summed E-state index contributed by atoms with van der Waals surface area (Å²) < 4.78 is 10.6. The van der Waals surface area contributed by atoms with Crippen LogP contribution in [0.15, 0.2) is 12.1 Å². The van der Waals surface area contributed by atoms with E-state index in [1.165, 1.54) is 0 Å². The summed E-state index contributed by atoms with van der Waals surface area (Å²) in [7, 11) is 0. The average Bonchev–Trinajstić information content (AvgIpc) is 2.69. The van der Waals surface area contributed by atoms with Gasteiger partial charge >= 0.3 is 0 Å². The Morgan fingerprint density at radius 3 is 2.93 bits per heavy atom. The third-order valence-corrected chi connectivity index (χ3v) is 2.50. The van der Waals surface area contributed by atoms with Gasteiger partial charge in [0.05, 0.1) is 0 Å². The zero-order chi connectivity index (χ0) is 10.7. The molecule has 0 saturated carbocycles. The maximum absolute atomic E-state index is 9.71. The van der Waals surface area contributed by atoms with E-state index in [0.717, 1.165) is 30.6 Å². The van der Waals surface area contributed by atoms with Crippen molar-refractivity contribution in [2.24, 2.45) is 5.73 Å². The summed E-state index contributed by atoms with van der Waals surface area (Å²) in [5.74, 6) is 1.68. The molecule has 1 heterocycles. The predicted molar refractivity (Wildman–Crippen MR) is 56.2 cm³/mol. The molecule has 0 saturated heterocycles. The van der Waals surface area contributed by atoms with Crippen LogP contribution in [0.1, 0.15) is 18.4 Å². The van der Waals surface area contributed by atoms with Crippen LogP contribution >= 0.6 is 0 Å². The van der Waals surface area contributed by atoms with Crippen LogP contribution in [0.4, 0.5) is 0 Å². The first-order chi connectivity index (χ1) is 7.33. The Morgan fingerprint density at radius 1 is 1.27 bits per heavy atom. The lowest BCUT2D eigenvalue weighted by Crippen LogP contribution is -2.00. The third-order valence-electron chi connectivity index (χ3n) is 2.50. The number of nitrogens with two attached hydrogens (primary N) is 1. The fourth-order valence-corrected chi connectivity index (χ4v) is 1.71. The number of fused-ring (bicyclic) bond motifs is 1. The second kappa shape index (κ2) is 4.40. The fraction of sp³-hybridized carbons (Fsp3) is 0.455. The standard InChI is InChI=1S/C11H15NO3/c12-6-2-1-3-8-9(13)4-5-10-11(8)15-7-14-10/h4-5,13H,1-3,6-7,12H2. The summed E-state index contributed by atoms with van der Waals surface area (Å²) in [5, 5.41) is 9.71. The molecule has 0 spiro atoms. The third kappa shape index (κ3) is 1.99. The maximum Gasteiger partial charge on any atom is 0.231 e. The first-order valence-electron chi connectivity index (χ1n) is 5.13. The van der Waals surface area contributed by atoms with Crippen LogP contribution in [-0.2, 0) is 6.42 Å². The van der Waals surface area contributed by atoms with Gasteiger partial charge in [-0.25, -0.2) is 0 Å². The molecule has 0 unspecified atom stereocenters. The summed E-state index contributed by atoms with van der Waals surface area (Å²) in [6.07, 6.45) is 2.67. The lowest BCUT2D eigenvalue weighted by Gasteiger charge is -2.07. The molecule has 0 aliphatic carbocycles. The van der Waals surface area contributed by atoms with Crippen LogP contribution in [-0.4, -0.2) is 18.4 Å². The SMILES string of the molecule is NCCCCc1c(O)ccc2c1OCO2. The molecule has 82 valence electrons. The first-order valence-corrected chi connectivity index (χ1v) is 5.13. The van der Waals surface area contributed by atoms with Crippen LogP contribution in [0, 0.1) is 0 Å². The molecule has 2 rings (SSSR count). The highest BCUT2D eigenvalue weighted by Crippen LogP contribution is 2.40. The predicted octanol–water partition coefficient (Wildman–Crippen LogP) is 1.40. The summed E-state index contributed by atoms with van der Waals surface area (Å²) in [4.78, 5) is 0. The highest BCUT2D eigenvalue weighted by molar-refractivity contribution is 5.54. The van der Waals surface area contributed by atoms with Crippen molar-refractivity contribution in [1.82, 2.24) is 0 Å². The molecule has 3 N–H and O–H groups in total. The summed E-state index contributed by atoms with van der Waals surface area (Å²) in [6.45, 7) is 0.913. The molecule has 1 aromatic carbocycles. The van der Waals surface area contributed by atoms with E-state index in [9.17, 15) is 5.11 Å². The zero-order valence-corrected chi connectivity index (χ0v) is 8.53. The molecule has 0 fully saturated rings. The van der Waals surface area contributed by atoms with Crippen molar-refractivity contribution in [2.75, 3.05) is 13.3 Å². The summed E-state index contributed by atoms with van der Waals surface area (Å²) in [6, 6.07) is 3.37. The number of ether oxygens (including phenoxy) is 2. The van der Waals surface area contributed by atoms with Gasteiger partial charge in [-0.05, 0) is 37.9 Å². The van der Waals surface area contributed by atoms with Gasteiger partial charge < -0.3 is 20.3 Å². The van der Waals surface area contributed by atoms with Crippen molar-refractivity contribution in [3.05, 3.63) is 17.7 Å². The first kappa shape index (κ1) is 10.1. The Balaban J connectivity index is 2.17. The number of phenolic OH excluding ortho intramolecular Hbond substituents is 1. The second-order valence-corrected chi connectivity index (χ2v) is 3.54. The quantitative estimate of drug-likeness (QED) is 0.736. The number of benzene rings is 1. The molecule has 1 aliphatic heterocycles. The number of aromatic hydroxyl groups is 1. The largest absolute Gasteiger partial charge is 0.508 e. The molecule has 0 radical (unpaired) electrons. The number of hydrogen-bond donors (Lipinski definition) is 2. The van der Waals surface area contributed by atoms with Gasteiger partial charge in [0.15, 0.2) is 11.5 Å². The molecule has 4 heteroatoms. The Kier molecular flexibility index (Phi) is 2.97. The van der Waals surface area contributed by atoms with Crippen molar-refractivity contribution in [3.8, 4) is 17.2 Å². The minimum absolute atomic E-state index is 0.239. The Morgan fingerprint density at radius 2 is 2.13 bits per heavy atom. The molecule has 15 heavy (non-hydrogen) atoms. The van der Waals surface area contributed by atoms with Gasteiger partial charge in [0, 0.05) is 5.56 Å². The van der Waals surface area contributed by atoms with E-state index in [4.69, 9.17) is 15.2 Å². The normalized spacial score (nSPS) is 13.1. The Labute approximate surface area is 88.6 Å². The molecule has 0 bridgehead atoms. The van der Waals surface area contributed by atoms with E-state index >= 15 is 0 Å². The molecule has 1 aromatic rings. The van der Waals surface area contributed by atoms with Gasteiger partial charge in [0.1, 0.15) is 5.75 Å². The summed E-state index contributed by atoms with van der Waals surface area (Å²) in [5.41, 5.74) is 6.26. The number of rotatable bonds is 4. The van der Waals surface area contributed by atoms with Gasteiger partial charge in [-0.1, -0.05) is 0 Å². The summed E-state index contributed by atoms with van der Waals surface area (Å²) >= 11 is 0. The van der Waals surface area contributed by atoms with Crippen LogP contribution in [0.25, 0.3) is 0 Å². The van der Waals surface area contributed by atoms with Gasteiger partial charge in [-0.15, -0.1) is 0 Å². The van der Waals surface area contributed by atoms with E-state index in [-0.39, 0.29) is 12.5 Å². The van der Waals surface area contributed by atoms with Crippen molar-refractivity contribution < 1.29 is 14.6 Å². The number of hydrogen-bond acceptors (Lipinski definition) is 4. The van der Waals surface area contributed by atoms with Crippen LogP contribution < -0.4 is 15.2 Å². The highest BCUT2D eigenvalue weighted by Gasteiger charge is 2.20. The Hall–Kier alpha value is -1.42. The molecule has 0 amide bonds. The lowest BCUT2D eigenvalue weighted by atomic mass is 10.1. The lowest BCUT2D eigenvalue weighted by molar-refractivity contribution is 0.173. The maximum atomic E-state index is 9.71. The number of unbranched alkanes of at least 4 members (excludes halogenated alkanes) is 1. The number of phenols is 1. The Bertz CT molecular complexity index is 352. The fourth-order valence-electron chi connectivity index (χ4n) is 1.71. The van der Waals surface area contributed by atoms with E-state index in [2.05, 4.69) is 0 Å². The van der Waals surface area contributed by atoms with E-state index in [1.807, 2.05) is 0 Å². The van der Waals surface area contributed by atoms with Crippen LogP contribution in [0.2, 0.25) is 0 Å². The molecular weight excluding hydrogens is 194 g/mol. The van der Waals surface area contributed by atoms with E-state index < -0.39 is 0 Å². The topological polar surface area (TPSA) is 64.7 Å². The smallest absolute Gasteiger partial charge is 0.231 e. The van der Waals surface area contributed by atoms with E-state index in [1.54, 1.807) is 12.1 Å². The van der Waals surface area contributed by atoms with Gasteiger partial charge in [-0.3, -0.25) is 0 Å².